The molecule has 1 amide bonds. The molecule has 2 heterocycles. The number of likely N-dealkylation sites (N-methyl/N-ethyl adjacent to an activating group) is 1. The largest absolute Gasteiger partial charge is 0.374 e. The Morgan fingerprint density at radius 3 is 3.05 bits per heavy atom. The van der Waals surface area contributed by atoms with Crippen LogP contribution in [0.1, 0.15) is 13.3 Å². The minimum atomic E-state index is -0.287. The van der Waals surface area contributed by atoms with Crippen LogP contribution in [-0.4, -0.2) is 81.3 Å². The quantitative estimate of drug-likeness (QED) is 0.662. The number of amides is 1. The number of carbonyl (C=O) groups excluding carboxylic acids is 1. The third kappa shape index (κ3) is 4.70. The normalized spacial score (nSPS) is 31.9. The van der Waals surface area contributed by atoms with Crippen molar-refractivity contribution < 1.29 is 9.53 Å². The molecule has 2 aliphatic heterocycles. The number of nitrogens with one attached hydrogen (secondary N) is 1. The summed E-state index contributed by atoms with van der Waals surface area (Å²) < 4.78 is 5.81. The van der Waals surface area contributed by atoms with Crippen LogP contribution in [0.3, 0.4) is 0 Å². The van der Waals surface area contributed by atoms with Gasteiger partial charge in [0.05, 0.1) is 19.3 Å². The van der Waals surface area contributed by atoms with Crippen molar-refractivity contribution in [1.82, 2.24) is 15.1 Å². The highest BCUT2D eigenvalue weighted by Gasteiger charge is 2.32. The van der Waals surface area contributed by atoms with Crippen LogP contribution >= 0.6 is 0 Å². The van der Waals surface area contributed by atoms with Gasteiger partial charge in [0.15, 0.2) is 0 Å². The molecule has 0 radical (unpaired) electrons. The van der Waals surface area contributed by atoms with Crippen LogP contribution in [0.4, 0.5) is 0 Å². The van der Waals surface area contributed by atoms with E-state index in [-0.39, 0.29) is 12.0 Å². The van der Waals surface area contributed by atoms with Crippen molar-refractivity contribution in [3.8, 4) is 0 Å². The van der Waals surface area contributed by atoms with Crippen LogP contribution in [0, 0.1) is 5.41 Å². The first-order chi connectivity index (χ1) is 9.47. The number of carbonyl (C=O) groups is 1. The van der Waals surface area contributed by atoms with Crippen molar-refractivity contribution >= 4 is 5.91 Å². The molecule has 6 nitrogen and oxygen atoms in total. The average Bonchev–Trinajstić information content (AvgIpc) is 2.74. The predicted molar refractivity (Wildman–Crippen MR) is 78.5 cm³/mol. The molecule has 0 saturated carbocycles. The van der Waals surface area contributed by atoms with Crippen LogP contribution in [0.25, 0.3) is 0 Å². The van der Waals surface area contributed by atoms with E-state index in [0.717, 1.165) is 45.9 Å². The first-order valence-corrected chi connectivity index (χ1v) is 7.48. The van der Waals surface area contributed by atoms with Crippen molar-refractivity contribution in [1.29, 1.82) is 0 Å². The van der Waals surface area contributed by atoms with Gasteiger partial charge in [-0.25, -0.2) is 0 Å². The first-order valence-electron chi connectivity index (χ1n) is 7.48. The molecule has 0 aromatic carbocycles. The van der Waals surface area contributed by atoms with Crippen molar-refractivity contribution in [2.45, 2.75) is 19.4 Å². The maximum absolute atomic E-state index is 10.9. The molecule has 0 aromatic heterocycles. The van der Waals surface area contributed by atoms with Crippen molar-refractivity contribution in [2.24, 2.45) is 11.1 Å². The molecule has 2 aliphatic rings. The highest BCUT2D eigenvalue weighted by molar-refractivity contribution is 5.75. The van der Waals surface area contributed by atoms with E-state index in [0.29, 0.717) is 12.0 Å². The van der Waals surface area contributed by atoms with Gasteiger partial charge < -0.3 is 15.8 Å². The number of rotatable bonds is 6. The molecule has 0 bridgehead atoms. The highest BCUT2D eigenvalue weighted by Crippen LogP contribution is 2.26. The second-order valence-electron chi connectivity index (χ2n) is 6.63. The van der Waals surface area contributed by atoms with Crippen LogP contribution in [0.2, 0.25) is 0 Å². The fourth-order valence-electron chi connectivity index (χ4n) is 3.26. The summed E-state index contributed by atoms with van der Waals surface area (Å²) in [6.45, 7) is 9.50. The van der Waals surface area contributed by atoms with E-state index in [2.05, 4.69) is 17.1 Å². The minimum Gasteiger partial charge on any atom is -0.374 e. The maximum Gasteiger partial charge on any atom is 0.231 e. The van der Waals surface area contributed by atoms with E-state index in [1.807, 2.05) is 11.9 Å². The van der Waals surface area contributed by atoms with Gasteiger partial charge >= 0.3 is 0 Å². The number of nitrogens with two attached hydrogens (primary N) is 1. The number of morpholine rings is 1. The van der Waals surface area contributed by atoms with Gasteiger partial charge in [-0.2, -0.15) is 0 Å². The number of hydrogen-bond acceptors (Lipinski definition) is 5. The van der Waals surface area contributed by atoms with Gasteiger partial charge in [0, 0.05) is 32.7 Å². The van der Waals surface area contributed by atoms with Gasteiger partial charge in [-0.15, -0.1) is 0 Å². The van der Waals surface area contributed by atoms with Gasteiger partial charge in [0.25, 0.3) is 0 Å². The van der Waals surface area contributed by atoms with E-state index in [9.17, 15) is 4.79 Å². The van der Waals surface area contributed by atoms with Gasteiger partial charge in [0.1, 0.15) is 0 Å². The number of ether oxygens (including phenoxy) is 1. The summed E-state index contributed by atoms with van der Waals surface area (Å²) in [4.78, 5) is 15.3. The van der Waals surface area contributed by atoms with Crippen molar-refractivity contribution in [2.75, 3.05) is 59.5 Å². The Kier molecular flexibility index (Phi) is 5.37. The summed E-state index contributed by atoms with van der Waals surface area (Å²) >= 11 is 0. The van der Waals surface area contributed by atoms with Gasteiger partial charge in [0.2, 0.25) is 5.91 Å². The number of primary amides is 1. The first kappa shape index (κ1) is 15.7. The Morgan fingerprint density at radius 2 is 2.40 bits per heavy atom. The van der Waals surface area contributed by atoms with E-state index in [4.69, 9.17) is 10.5 Å². The highest BCUT2D eigenvalue weighted by atomic mass is 16.5. The summed E-state index contributed by atoms with van der Waals surface area (Å²) in [5, 5.41) is 3.45. The second kappa shape index (κ2) is 6.85. The SMILES string of the molecule is CN(CC(N)=O)CC1CN(CC2(C)CCNC2)CCO1. The summed E-state index contributed by atoms with van der Waals surface area (Å²) in [6.07, 6.45) is 1.42. The maximum atomic E-state index is 10.9. The second-order valence-corrected chi connectivity index (χ2v) is 6.63. The standard InChI is InChI=1S/C14H28N4O2/c1-14(3-4-16-10-14)11-18-5-6-20-12(8-18)7-17(2)9-13(15)19/h12,16H,3-11H2,1-2H3,(H2,15,19). The molecule has 116 valence electrons. The summed E-state index contributed by atoms with van der Waals surface area (Å²) in [7, 11) is 1.91. The smallest absolute Gasteiger partial charge is 0.231 e. The Morgan fingerprint density at radius 1 is 1.60 bits per heavy atom. The molecule has 20 heavy (non-hydrogen) atoms. The monoisotopic (exact) mass is 284 g/mol. The zero-order chi connectivity index (χ0) is 14.6. The Labute approximate surface area is 121 Å². The fourth-order valence-corrected chi connectivity index (χ4v) is 3.26. The lowest BCUT2D eigenvalue weighted by Gasteiger charge is -2.38. The minimum absolute atomic E-state index is 0.172. The van der Waals surface area contributed by atoms with Crippen LogP contribution in [0.15, 0.2) is 0 Å². The summed E-state index contributed by atoms with van der Waals surface area (Å²) in [6, 6.07) is 0. The summed E-state index contributed by atoms with van der Waals surface area (Å²) in [5.41, 5.74) is 5.60. The molecular formula is C14H28N4O2. The van der Waals surface area contributed by atoms with Gasteiger partial charge in [-0.3, -0.25) is 14.6 Å². The predicted octanol–water partition coefficient (Wildman–Crippen LogP) is -0.896. The molecule has 2 rings (SSSR count). The van der Waals surface area contributed by atoms with E-state index in [1.165, 1.54) is 6.42 Å². The van der Waals surface area contributed by atoms with E-state index in [1.54, 1.807) is 0 Å². The Balaban J connectivity index is 1.77. The van der Waals surface area contributed by atoms with Gasteiger partial charge in [-0.05, 0) is 25.4 Å². The average molecular weight is 284 g/mol. The third-order valence-corrected chi connectivity index (χ3v) is 4.23. The molecule has 6 heteroatoms. The summed E-state index contributed by atoms with van der Waals surface area (Å²) in [5.74, 6) is -0.287. The topological polar surface area (TPSA) is 70.8 Å². The molecular weight excluding hydrogens is 256 g/mol. The fraction of sp³-hybridized carbons (Fsp3) is 0.929. The van der Waals surface area contributed by atoms with Crippen LogP contribution in [-0.2, 0) is 9.53 Å². The lowest BCUT2D eigenvalue weighted by Crippen LogP contribution is -2.50. The number of hydrogen-bond donors (Lipinski definition) is 2. The van der Waals surface area contributed by atoms with E-state index >= 15 is 0 Å². The van der Waals surface area contributed by atoms with Gasteiger partial charge in [-0.1, -0.05) is 6.92 Å². The molecule has 3 N–H and O–H groups in total. The van der Waals surface area contributed by atoms with Crippen LogP contribution in [0.5, 0.6) is 0 Å². The number of nitrogens with zero attached hydrogens (tertiary/aromatic N) is 2. The molecule has 2 atom stereocenters. The molecule has 0 aromatic rings. The molecule has 0 aliphatic carbocycles. The molecule has 2 unspecified atom stereocenters. The zero-order valence-corrected chi connectivity index (χ0v) is 12.7. The lowest BCUT2D eigenvalue weighted by molar-refractivity contribution is -0.119. The molecule has 2 saturated heterocycles. The lowest BCUT2D eigenvalue weighted by atomic mass is 9.89. The molecule has 2 fully saturated rings. The van der Waals surface area contributed by atoms with Crippen LogP contribution < -0.4 is 11.1 Å². The van der Waals surface area contributed by atoms with Crippen molar-refractivity contribution in [3.63, 3.8) is 0 Å². The Hall–Kier alpha value is -0.690. The molecule has 0 spiro atoms. The third-order valence-electron chi connectivity index (χ3n) is 4.23. The van der Waals surface area contributed by atoms with E-state index < -0.39 is 0 Å². The van der Waals surface area contributed by atoms with Crippen molar-refractivity contribution in [3.05, 3.63) is 0 Å². The Bertz CT molecular complexity index is 331. The zero-order valence-electron chi connectivity index (χ0n) is 12.7.